The zero-order valence-electron chi connectivity index (χ0n) is 13.3. The van der Waals surface area contributed by atoms with E-state index in [0.29, 0.717) is 0 Å². The number of nitrogens with one attached hydrogen (secondary N) is 1. The molecular weight excluding hydrogens is 324 g/mol. The molecule has 1 N–H and O–H groups in total. The molecule has 3 aromatic rings. The molecule has 6 nitrogen and oxygen atoms in total. The number of rotatable bonds is 4. The summed E-state index contributed by atoms with van der Waals surface area (Å²) in [5, 5.41) is 9.51. The van der Waals surface area contributed by atoms with Gasteiger partial charge in [-0.15, -0.1) is 10.2 Å². The number of benzene rings is 2. The second kappa shape index (κ2) is 6.09. The molecule has 7 heteroatoms. The first kappa shape index (κ1) is 14.9. The average Bonchev–Trinajstić information content (AvgIpc) is 3.22. The van der Waals surface area contributed by atoms with Crippen molar-refractivity contribution < 1.29 is 9.47 Å². The second-order valence-corrected chi connectivity index (χ2v) is 6.34. The van der Waals surface area contributed by atoms with E-state index in [0.717, 1.165) is 33.6 Å². The second-order valence-electron chi connectivity index (χ2n) is 5.27. The van der Waals surface area contributed by atoms with Crippen molar-refractivity contribution in [3.05, 3.63) is 54.1 Å². The summed E-state index contributed by atoms with van der Waals surface area (Å²) in [7, 11) is 3.32. The zero-order chi connectivity index (χ0) is 16.5. The zero-order valence-corrected chi connectivity index (χ0v) is 14.1. The number of methoxy groups -OCH3 is 2. The number of hydrogen-bond donors (Lipinski definition) is 1. The van der Waals surface area contributed by atoms with E-state index in [2.05, 4.69) is 27.8 Å². The third kappa shape index (κ3) is 2.56. The first-order chi connectivity index (χ1) is 11.8. The van der Waals surface area contributed by atoms with Gasteiger partial charge in [-0.05, 0) is 42.0 Å². The molecule has 0 saturated carbocycles. The van der Waals surface area contributed by atoms with Crippen LogP contribution in [-0.4, -0.2) is 29.1 Å². The summed E-state index contributed by atoms with van der Waals surface area (Å²) in [5.74, 6) is 2.45. The highest BCUT2D eigenvalue weighted by molar-refractivity contribution is 7.99. The fourth-order valence-electron chi connectivity index (χ4n) is 2.56. The normalized spacial score (nSPS) is 15.7. The lowest BCUT2D eigenvalue weighted by Gasteiger charge is -2.12. The van der Waals surface area contributed by atoms with Crippen LogP contribution in [0, 0.1) is 0 Å². The lowest BCUT2D eigenvalue weighted by atomic mass is 10.2. The first-order valence-electron chi connectivity index (χ1n) is 7.45. The Balaban J connectivity index is 1.59. The Morgan fingerprint density at radius 1 is 0.917 bits per heavy atom. The van der Waals surface area contributed by atoms with Crippen molar-refractivity contribution in [1.29, 1.82) is 0 Å². The van der Waals surface area contributed by atoms with Crippen LogP contribution in [0.4, 0.5) is 0 Å². The largest absolute Gasteiger partial charge is 0.497 e. The SMILES string of the molecule is COc1ccc(-c2nnc3n2N[C@H](c2ccc(OC)cc2)S3)cc1. The van der Waals surface area contributed by atoms with Gasteiger partial charge in [0, 0.05) is 5.56 Å². The molecule has 2 aromatic carbocycles. The van der Waals surface area contributed by atoms with E-state index in [1.54, 1.807) is 26.0 Å². The number of aromatic nitrogens is 3. The molecule has 24 heavy (non-hydrogen) atoms. The summed E-state index contributed by atoms with van der Waals surface area (Å²) < 4.78 is 12.3. The molecule has 122 valence electrons. The van der Waals surface area contributed by atoms with Crippen LogP contribution < -0.4 is 14.9 Å². The summed E-state index contributed by atoms with van der Waals surface area (Å²) in [6, 6.07) is 15.8. The summed E-state index contributed by atoms with van der Waals surface area (Å²) in [6.45, 7) is 0. The third-order valence-corrected chi connectivity index (χ3v) is 4.96. The topological polar surface area (TPSA) is 61.2 Å². The van der Waals surface area contributed by atoms with E-state index in [4.69, 9.17) is 9.47 Å². The minimum atomic E-state index is 0.0957. The van der Waals surface area contributed by atoms with Crippen LogP contribution in [0.5, 0.6) is 11.5 Å². The third-order valence-electron chi connectivity index (χ3n) is 3.87. The van der Waals surface area contributed by atoms with Crippen molar-refractivity contribution >= 4 is 11.8 Å². The van der Waals surface area contributed by atoms with E-state index in [1.165, 1.54) is 0 Å². The molecule has 0 saturated heterocycles. The van der Waals surface area contributed by atoms with Crippen molar-refractivity contribution in [1.82, 2.24) is 14.9 Å². The van der Waals surface area contributed by atoms with E-state index in [-0.39, 0.29) is 5.37 Å². The van der Waals surface area contributed by atoms with Gasteiger partial charge in [-0.1, -0.05) is 23.9 Å². The predicted molar refractivity (Wildman–Crippen MR) is 93.0 cm³/mol. The van der Waals surface area contributed by atoms with Crippen LogP contribution in [0.3, 0.4) is 0 Å². The van der Waals surface area contributed by atoms with Gasteiger partial charge in [0.2, 0.25) is 5.16 Å². The maximum Gasteiger partial charge on any atom is 0.212 e. The number of ether oxygens (including phenoxy) is 2. The Morgan fingerprint density at radius 2 is 1.54 bits per heavy atom. The van der Waals surface area contributed by atoms with Crippen LogP contribution in [0.25, 0.3) is 11.4 Å². The lowest BCUT2D eigenvalue weighted by Crippen LogP contribution is -2.13. The molecule has 1 aliphatic heterocycles. The fraction of sp³-hybridized carbons (Fsp3) is 0.176. The minimum absolute atomic E-state index is 0.0957. The Morgan fingerprint density at radius 3 is 2.17 bits per heavy atom. The van der Waals surface area contributed by atoms with E-state index in [1.807, 2.05) is 41.1 Å². The molecule has 0 bridgehead atoms. The molecule has 0 spiro atoms. The number of hydrogen-bond acceptors (Lipinski definition) is 6. The van der Waals surface area contributed by atoms with Gasteiger partial charge in [0.05, 0.1) is 14.2 Å². The fourth-order valence-corrected chi connectivity index (χ4v) is 3.55. The van der Waals surface area contributed by atoms with E-state index < -0.39 is 0 Å². The molecule has 1 atom stereocenters. The first-order valence-corrected chi connectivity index (χ1v) is 8.33. The van der Waals surface area contributed by atoms with Gasteiger partial charge in [-0.3, -0.25) is 0 Å². The molecule has 0 radical (unpaired) electrons. The van der Waals surface area contributed by atoms with Crippen molar-refractivity contribution in [3.8, 4) is 22.9 Å². The summed E-state index contributed by atoms with van der Waals surface area (Å²) in [6.07, 6.45) is 0. The van der Waals surface area contributed by atoms with Crippen LogP contribution in [0.15, 0.2) is 53.7 Å². The maximum atomic E-state index is 5.21. The van der Waals surface area contributed by atoms with Gasteiger partial charge >= 0.3 is 0 Å². The van der Waals surface area contributed by atoms with Gasteiger partial charge in [0.15, 0.2) is 5.82 Å². The molecule has 0 amide bonds. The van der Waals surface area contributed by atoms with Crippen LogP contribution in [-0.2, 0) is 0 Å². The van der Waals surface area contributed by atoms with Gasteiger partial charge in [-0.2, -0.15) is 0 Å². The summed E-state index contributed by atoms with van der Waals surface area (Å²) >= 11 is 1.64. The average molecular weight is 340 g/mol. The molecule has 2 heterocycles. The van der Waals surface area contributed by atoms with Crippen LogP contribution in [0.1, 0.15) is 10.9 Å². The summed E-state index contributed by atoms with van der Waals surface area (Å²) in [4.78, 5) is 0. The van der Waals surface area contributed by atoms with Crippen molar-refractivity contribution in [3.63, 3.8) is 0 Å². The Kier molecular flexibility index (Phi) is 3.78. The molecular formula is C17H16N4O2S. The van der Waals surface area contributed by atoms with Crippen LogP contribution in [0.2, 0.25) is 0 Å². The van der Waals surface area contributed by atoms with E-state index in [9.17, 15) is 0 Å². The van der Waals surface area contributed by atoms with Gasteiger partial charge in [0.25, 0.3) is 0 Å². The Bertz CT molecular complexity index is 846. The van der Waals surface area contributed by atoms with Crippen molar-refractivity contribution in [2.45, 2.75) is 10.5 Å². The Labute approximate surface area is 143 Å². The minimum Gasteiger partial charge on any atom is -0.497 e. The number of nitrogens with zero attached hydrogens (tertiary/aromatic N) is 3. The standard InChI is InChI=1S/C17H16N4O2S/c1-22-13-7-3-11(4-8-13)15-18-19-17-21(15)20-16(24-17)12-5-9-14(23-2)10-6-12/h3-10,16,20H,1-2H3/t16-/m0/s1. The van der Waals surface area contributed by atoms with Gasteiger partial charge in [-0.25, -0.2) is 4.68 Å². The number of fused-ring (bicyclic) bond motifs is 1. The van der Waals surface area contributed by atoms with Gasteiger partial charge < -0.3 is 14.9 Å². The smallest absolute Gasteiger partial charge is 0.212 e. The highest BCUT2D eigenvalue weighted by Gasteiger charge is 2.28. The molecule has 0 fully saturated rings. The highest BCUT2D eigenvalue weighted by atomic mass is 32.2. The Hall–Kier alpha value is -2.67. The maximum absolute atomic E-state index is 5.21. The highest BCUT2D eigenvalue weighted by Crippen LogP contribution is 2.40. The quantitative estimate of drug-likeness (QED) is 0.786. The summed E-state index contributed by atoms with van der Waals surface area (Å²) in [5.41, 5.74) is 5.59. The van der Waals surface area contributed by atoms with Crippen molar-refractivity contribution in [2.24, 2.45) is 0 Å². The molecule has 4 rings (SSSR count). The molecule has 1 aromatic heterocycles. The number of thioether (sulfide) groups is 1. The van der Waals surface area contributed by atoms with Crippen LogP contribution >= 0.6 is 11.8 Å². The molecule has 1 aliphatic rings. The molecule has 0 unspecified atom stereocenters. The van der Waals surface area contributed by atoms with Gasteiger partial charge in [0.1, 0.15) is 16.9 Å². The van der Waals surface area contributed by atoms with E-state index >= 15 is 0 Å². The molecule has 0 aliphatic carbocycles. The monoisotopic (exact) mass is 340 g/mol. The predicted octanol–water partition coefficient (Wildman–Crippen LogP) is 3.31. The van der Waals surface area contributed by atoms with Crippen molar-refractivity contribution in [2.75, 3.05) is 19.6 Å². The lowest BCUT2D eigenvalue weighted by molar-refractivity contribution is 0.414.